The predicted molar refractivity (Wildman–Crippen MR) is 154 cm³/mol. The summed E-state index contributed by atoms with van der Waals surface area (Å²) in [5.74, 6) is 2.02. The van der Waals surface area contributed by atoms with Crippen LogP contribution >= 0.6 is 23.4 Å². The van der Waals surface area contributed by atoms with Crippen LogP contribution in [0.15, 0.2) is 36.8 Å². The van der Waals surface area contributed by atoms with E-state index in [-0.39, 0.29) is 11.1 Å². The number of hydrogen-bond acceptors (Lipinski definition) is 7. The predicted octanol–water partition coefficient (Wildman–Crippen LogP) is 8.00. The normalized spacial score (nSPS) is 18.9. The Hall–Kier alpha value is -1.87. The summed E-state index contributed by atoms with van der Waals surface area (Å²) < 4.78 is 13.1. The monoisotopic (exact) mass is 544 g/mol. The van der Waals surface area contributed by atoms with Gasteiger partial charge in [-0.3, -0.25) is 4.98 Å². The van der Waals surface area contributed by atoms with Crippen LogP contribution in [0.25, 0.3) is 10.9 Å². The van der Waals surface area contributed by atoms with Crippen molar-refractivity contribution >= 4 is 54.2 Å². The Morgan fingerprint density at radius 2 is 1.81 bits per heavy atom. The number of fused-ring (bicyclic) bond motifs is 1. The molecule has 1 saturated carbocycles. The van der Waals surface area contributed by atoms with Gasteiger partial charge in [-0.1, -0.05) is 32.4 Å². The number of halogens is 1. The van der Waals surface area contributed by atoms with Crippen molar-refractivity contribution in [1.29, 1.82) is 0 Å². The minimum absolute atomic E-state index is 0.0890. The fraction of sp³-hybridized carbons (Fsp3) is 0.519. The molecular formula is C27H37ClN4O2SSi. The highest BCUT2D eigenvalue weighted by Gasteiger charge is 2.40. The highest BCUT2D eigenvalue weighted by atomic mass is 35.5. The topological polar surface area (TPSA) is 69.2 Å². The smallest absolute Gasteiger partial charge is 0.227 e. The van der Waals surface area contributed by atoms with Crippen LogP contribution in [-0.4, -0.2) is 41.7 Å². The molecule has 1 N–H and O–H groups in total. The lowest BCUT2D eigenvalue weighted by molar-refractivity contribution is 0.0733. The van der Waals surface area contributed by atoms with E-state index in [1.54, 1.807) is 24.2 Å². The first-order chi connectivity index (χ1) is 17.1. The van der Waals surface area contributed by atoms with Gasteiger partial charge in [0.2, 0.25) is 5.95 Å². The quantitative estimate of drug-likeness (QED) is 0.288. The molecule has 1 aromatic carbocycles. The largest absolute Gasteiger partial charge is 0.487 e. The number of hydrogen-bond donors (Lipinski definition) is 1. The Kier molecular flexibility index (Phi) is 8.49. The molecule has 0 spiro atoms. The number of thioether (sulfide) groups is 1. The van der Waals surface area contributed by atoms with Crippen molar-refractivity contribution in [3.05, 3.63) is 47.4 Å². The second kappa shape index (κ2) is 11.3. The maximum absolute atomic E-state index is 6.65. The zero-order chi connectivity index (χ0) is 25.9. The van der Waals surface area contributed by atoms with E-state index in [0.29, 0.717) is 28.3 Å². The van der Waals surface area contributed by atoms with Crippen LogP contribution in [0.2, 0.25) is 23.2 Å². The van der Waals surface area contributed by atoms with E-state index in [1.807, 2.05) is 18.3 Å². The van der Waals surface area contributed by atoms with Gasteiger partial charge < -0.3 is 14.5 Å². The van der Waals surface area contributed by atoms with Crippen LogP contribution in [0, 0.1) is 0 Å². The first-order valence-corrected chi connectivity index (χ1v) is 17.2. The van der Waals surface area contributed by atoms with Crippen LogP contribution in [0.4, 0.5) is 11.6 Å². The number of rotatable bonds is 8. The lowest BCUT2D eigenvalue weighted by Crippen LogP contribution is -2.45. The van der Waals surface area contributed by atoms with E-state index < -0.39 is 8.32 Å². The molecule has 0 aliphatic heterocycles. The zero-order valence-electron chi connectivity index (χ0n) is 22.1. The number of nitrogens with zero attached hydrogens (tertiary/aromatic N) is 3. The molecule has 3 aromatic rings. The number of anilines is 2. The Morgan fingerprint density at radius 3 is 2.50 bits per heavy atom. The summed E-state index contributed by atoms with van der Waals surface area (Å²) in [6, 6.07) is 5.85. The van der Waals surface area contributed by atoms with E-state index in [9.17, 15) is 0 Å². The highest BCUT2D eigenvalue weighted by Crippen LogP contribution is 2.40. The molecule has 0 atom stereocenters. The highest BCUT2D eigenvalue weighted by molar-refractivity contribution is 7.97. The SMILES string of the molecule is CSCc1cncc(Nc2ncc3ccc(Cl)c(O[C@H]4CC[C@@H](O[Si](C)(C)C(C)(C)C)CC4)c3n2)c1. The molecule has 9 heteroatoms. The lowest BCUT2D eigenvalue weighted by Gasteiger charge is -2.41. The van der Waals surface area contributed by atoms with Gasteiger partial charge in [0.15, 0.2) is 14.1 Å². The van der Waals surface area contributed by atoms with Crippen LogP contribution in [0.1, 0.15) is 52.0 Å². The van der Waals surface area contributed by atoms with Gasteiger partial charge in [0, 0.05) is 29.6 Å². The van der Waals surface area contributed by atoms with Gasteiger partial charge in [-0.05, 0) is 73.8 Å². The van der Waals surface area contributed by atoms with Gasteiger partial charge in [0.25, 0.3) is 0 Å². The lowest BCUT2D eigenvalue weighted by atomic mass is 9.95. The van der Waals surface area contributed by atoms with Crippen molar-refractivity contribution in [2.45, 2.75) is 82.5 Å². The molecule has 1 aliphatic rings. The summed E-state index contributed by atoms with van der Waals surface area (Å²) in [5.41, 5.74) is 2.71. The molecule has 2 aromatic heterocycles. The molecule has 2 heterocycles. The van der Waals surface area contributed by atoms with Crippen molar-refractivity contribution < 1.29 is 9.16 Å². The molecule has 36 heavy (non-hydrogen) atoms. The number of benzene rings is 1. The summed E-state index contributed by atoms with van der Waals surface area (Å²) in [6.07, 6.45) is 11.8. The van der Waals surface area contributed by atoms with E-state index in [0.717, 1.165) is 48.1 Å². The van der Waals surface area contributed by atoms with Gasteiger partial charge in [-0.25, -0.2) is 9.97 Å². The van der Waals surface area contributed by atoms with E-state index in [1.165, 1.54) is 0 Å². The van der Waals surface area contributed by atoms with Crippen LogP contribution in [0.3, 0.4) is 0 Å². The van der Waals surface area contributed by atoms with Crippen molar-refractivity contribution in [2.24, 2.45) is 0 Å². The van der Waals surface area contributed by atoms with E-state index in [4.69, 9.17) is 25.7 Å². The molecule has 1 fully saturated rings. The number of ether oxygens (including phenoxy) is 1. The molecule has 0 unspecified atom stereocenters. The second-order valence-electron chi connectivity index (χ2n) is 11.0. The number of nitrogens with one attached hydrogen (secondary N) is 1. The average Bonchev–Trinajstić information content (AvgIpc) is 2.82. The Labute approximate surface area is 225 Å². The van der Waals surface area contributed by atoms with Crippen LogP contribution in [-0.2, 0) is 10.2 Å². The van der Waals surface area contributed by atoms with Crippen LogP contribution < -0.4 is 10.1 Å². The fourth-order valence-corrected chi connectivity index (χ4v) is 6.29. The zero-order valence-corrected chi connectivity index (χ0v) is 24.7. The van der Waals surface area contributed by atoms with Gasteiger partial charge in [0.1, 0.15) is 5.52 Å². The first kappa shape index (κ1) is 27.2. The number of pyridine rings is 1. The fourth-order valence-electron chi connectivity index (χ4n) is 4.18. The third kappa shape index (κ3) is 6.51. The second-order valence-corrected chi connectivity index (χ2v) is 17.1. The molecular weight excluding hydrogens is 508 g/mol. The van der Waals surface area contributed by atoms with Gasteiger partial charge in [-0.2, -0.15) is 11.8 Å². The molecule has 0 saturated heterocycles. The van der Waals surface area contributed by atoms with Crippen molar-refractivity contribution in [1.82, 2.24) is 15.0 Å². The molecule has 194 valence electrons. The third-order valence-electron chi connectivity index (χ3n) is 7.19. The Morgan fingerprint density at radius 1 is 1.08 bits per heavy atom. The average molecular weight is 545 g/mol. The van der Waals surface area contributed by atoms with Crippen molar-refractivity contribution in [3.63, 3.8) is 0 Å². The molecule has 0 amide bonds. The molecule has 0 bridgehead atoms. The first-order valence-electron chi connectivity index (χ1n) is 12.6. The van der Waals surface area contributed by atoms with Gasteiger partial charge in [0.05, 0.1) is 23.0 Å². The summed E-state index contributed by atoms with van der Waals surface area (Å²) in [5, 5.41) is 4.95. The van der Waals surface area contributed by atoms with Gasteiger partial charge in [-0.15, -0.1) is 0 Å². The van der Waals surface area contributed by atoms with Crippen molar-refractivity contribution in [2.75, 3.05) is 11.6 Å². The third-order valence-corrected chi connectivity index (χ3v) is 12.6. The van der Waals surface area contributed by atoms with Gasteiger partial charge >= 0.3 is 0 Å². The Balaban J connectivity index is 1.48. The maximum atomic E-state index is 6.65. The van der Waals surface area contributed by atoms with E-state index in [2.05, 4.69) is 61.5 Å². The summed E-state index contributed by atoms with van der Waals surface area (Å²) in [4.78, 5) is 13.6. The van der Waals surface area contributed by atoms with Crippen molar-refractivity contribution in [3.8, 4) is 5.75 Å². The molecule has 1 aliphatic carbocycles. The minimum Gasteiger partial charge on any atom is -0.487 e. The van der Waals surface area contributed by atoms with E-state index >= 15 is 0 Å². The molecule has 0 radical (unpaired) electrons. The standard InChI is InChI=1S/C27H37ClN4O2SSi/c1-27(2,3)36(5,6)34-22-10-8-21(9-11-22)33-25-23(28)12-7-19-15-30-26(32-24(19)25)31-20-13-18(17-35-4)14-29-16-20/h7,12-16,21-22H,8-11,17H2,1-6H3,(H,30,31,32)/t21-,22+. The molecule has 6 nitrogen and oxygen atoms in total. The molecule has 4 rings (SSSR count). The number of aromatic nitrogens is 3. The summed E-state index contributed by atoms with van der Waals surface area (Å²) >= 11 is 8.38. The minimum atomic E-state index is -1.77. The Bertz CT molecular complexity index is 1200. The van der Waals surface area contributed by atoms with Crippen LogP contribution in [0.5, 0.6) is 5.75 Å². The maximum Gasteiger partial charge on any atom is 0.227 e. The summed E-state index contributed by atoms with van der Waals surface area (Å²) in [7, 11) is -1.77. The summed E-state index contributed by atoms with van der Waals surface area (Å²) in [6.45, 7) is 11.5.